The molecule has 0 spiro atoms. The fraction of sp³-hybridized carbons (Fsp3) is 0.750. The SMILES string of the molecule is C[C@@H](O)CCC[C@H](O)/C=C/[C@@H]1[C@@H]2C/C(=C/CCCC(=O)O)O[C@H]2C[C@H]1O. The fourth-order valence-electron chi connectivity index (χ4n) is 3.87. The molecule has 1 aliphatic heterocycles. The Balaban J connectivity index is 1.81. The molecule has 1 saturated heterocycles. The smallest absolute Gasteiger partial charge is 0.303 e. The van der Waals surface area contributed by atoms with Gasteiger partial charge in [-0.3, -0.25) is 4.79 Å². The molecule has 0 aromatic heterocycles. The third-order valence-electron chi connectivity index (χ3n) is 5.27. The Labute approximate surface area is 155 Å². The summed E-state index contributed by atoms with van der Waals surface area (Å²) in [6, 6.07) is 0. The van der Waals surface area contributed by atoms with Gasteiger partial charge in [0.15, 0.2) is 0 Å². The van der Waals surface area contributed by atoms with Crippen molar-refractivity contribution < 1.29 is 30.0 Å². The molecule has 0 radical (unpaired) electrons. The van der Waals surface area contributed by atoms with Crippen molar-refractivity contribution >= 4 is 5.97 Å². The minimum atomic E-state index is -0.784. The lowest BCUT2D eigenvalue weighted by Crippen LogP contribution is -2.18. The van der Waals surface area contributed by atoms with Crippen LogP contribution in [0.4, 0.5) is 0 Å². The second kappa shape index (κ2) is 10.1. The maximum atomic E-state index is 10.5. The topological polar surface area (TPSA) is 107 Å². The van der Waals surface area contributed by atoms with Crippen LogP contribution in [0, 0.1) is 11.8 Å². The van der Waals surface area contributed by atoms with Gasteiger partial charge in [0.2, 0.25) is 0 Å². The van der Waals surface area contributed by atoms with E-state index in [2.05, 4.69) is 0 Å². The molecule has 2 rings (SSSR count). The number of hydrogen-bond acceptors (Lipinski definition) is 5. The lowest BCUT2D eigenvalue weighted by Gasteiger charge is -2.16. The first-order valence-electron chi connectivity index (χ1n) is 9.66. The van der Waals surface area contributed by atoms with Gasteiger partial charge >= 0.3 is 5.97 Å². The molecule has 2 aliphatic rings. The van der Waals surface area contributed by atoms with Crippen molar-refractivity contribution in [2.45, 2.75) is 82.7 Å². The van der Waals surface area contributed by atoms with Crippen LogP contribution >= 0.6 is 0 Å². The van der Waals surface area contributed by atoms with Crippen molar-refractivity contribution in [1.29, 1.82) is 0 Å². The standard InChI is InChI=1S/C20H32O6/c1-13(21)5-4-6-14(22)9-10-16-17-11-15(7-2-3-8-20(24)25)26-19(17)12-18(16)23/h7,9-10,13-14,16-19,21-23H,2-6,8,11-12H2,1H3,(H,24,25)/b10-9+,15-7-/t13-,14+,16-,17+,18-,19+/m1/s1. The number of carbonyl (C=O) groups is 1. The van der Waals surface area contributed by atoms with Crippen LogP contribution in [0.5, 0.6) is 0 Å². The first kappa shape index (κ1) is 20.9. The lowest BCUT2D eigenvalue weighted by atomic mass is 9.90. The average molecular weight is 368 g/mol. The maximum absolute atomic E-state index is 10.5. The van der Waals surface area contributed by atoms with Crippen LogP contribution in [0.25, 0.3) is 0 Å². The van der Waals surface area contributed by atoms with Crippen molar-refractivity contribution in [3.8, 4) is 0 Å². The van der Waals surface area contributed by atoms with Crippen molar-refractivity contribution in [3.63, 3.8) is 0 Å². The van der Waals surface area contributed by atoms with Gasteiger partial charge in [-0.25, -0.2) is 0 Å². The molecule has 4 N–H and O–H groups in total. The highest BCUT2D eigenvalue weighted by atomic mass is 16.5. The molecule has 0 unspecified atom stereocenters. The number of aliphatic hydroxyl groups is 3. The highest BCUT2D eigenvalue weighted by Gasteiger charge is 2.46. The second-order valence-electron chi connectivity index (χ2n) is 7.59. The van der Waals surface area contributed by atoms with Gasteiger partial charge in [0.25, 0.3) is 0 Å². The summed E-state index contributed by atoms with van der Waals surface area (Å²) in [5.74, 6) is 0.286. The van der Waals surface area contributed by atoms with Crippen LogP contribution in [0.15, 0.2) is 24.0 Å². The van der Waals surface area contributed by atoms with Gasteiger partial charge in [0.1, 0.15) is 6.10 Å². The summed E-state index contributed by atoms with van der Waals surface area (Å²) in [7, 11) is 0. The van der Waals surface area contributed by atoms with Gasteiger partial charge in [-0.1, -0.05) is 12.2 Å². The molecule has 0 amide bonds. The normalized spacial score (nSPS) is 31.9. The molecule has 0 aromatic rings. The monoisotopic (exact) mass is 368 g/mol. The van der Waals surface area contributed by atoms with E-state index in [-0.39, 0.29) is 30.5 Å². The van der Waals surface area contributed by atoms with Gasteiger partial charge in [-0.05, 0) is 45.1 Å². The highest BCUT2D eigenvalue weighted by molar-refractivity contribution is 5.66. The number of fused-ring (bicyclic) bond motifs is 1. The van der Waals surface area contributed by atoms with E-state index >= 15 is 0 Å². The molecular weight excluding hydrogens is 336 g/mol. The van der Waals surface area contributed by atoms with Crippen LogP contribution in [0.1, 0.15) is 58.3 Å². The number of hydrogen-bond donors (Lipinski definition) is 4. The van der Waals surface area contributed by atoms with Gasteiger partial charge < -0.3 is 25.2 Å². The van der Waals surface area contributed by atoms with E-state index in [1.54, 1.807) is 13.0 Å². The van der Waals surface area contributed by atoms with Crippen LogP contribution in [-0.4, -0.2) is 50.8 Å². The quantitative estimate of drug-likeness (QED) is 0.348. The minimum Gasteiger partial charge on any atom is -0.495 e. The highest BCUT2D eigenvalue weighted by Crippen LogP contribution is 2.45. The van der Waals surface area contributed by atoms with Gasteiger partial charge in [-0.2, -0.15) is 0 Å². The Kier molecular flexibility index (Phi) is 8.13. The predicted molar refractivity (Wildman–Crippen MR) is 97.3 cm³/mol. The molecule has 1 saturated carbocycles. The number of ether oxygens (including phenoxy) is 1. The zero-order valence-corrected chi connectivity index (χ0v) is 15.5. The number of unbranched alkanes of at least 4 members (excludes halogenated alkanes) is 1. The lowest BCUT2D eigenvalue weighted by molar-refractivity contribution is -0.137. The molecule has 6 heteroatoms. The Morgan fingerprint density at radius 1 is 1.31 bits per heavy atom. The Bertz CT molecular complexity index is 512. The van der Waals surface area contributed by atoms with Crippen LogP contribution < -0.4 is 0 Å². The predicted octanol–water partition coefficient (Wildman–Crippen LogP) is 2.38. The Morgan fingerprint density at radius 3 is 2.77 bits per heavy atom. The largest absolute Gasteiger partial charge is 0.495 e. The zero-order valence-electron chi connectivity index (χ0n) is 15.5. The van der Waals surface area contributed by atoms with Gasteiger partial charge in [0, 0.05) is 31.1 Å². The molecule has 1 heterocycles. The first-order chi connectivity index (χ1) is 12.4. The van der Waals surface area contributed by atoms with E-state index in [4.69, 9.17) is 9.84 Å². The number of carboxylic acid groups (broad SMARTS) is 1. The number of rotatable bonds is 10. The molecule has 26 heavy (non-hydrogen) atoms. The molecule has 1 aliphatic carbocycles. The van der Waals surface area contributed by atoms with Crippen LogP contribution in [-0.2, 0) is 9.53 Å². The van der Waals surface area contributed by atoms with Crippen LogP contribution in [0.3, 0.4) is 0 Å². The van der Waals surface area contributed by atoms with Crippen LogP contribution in [0.2, 0.25) is 0 Å². The summed E-state index contributed by atoms with van der Waals surface area (Å²) in [6.07, 6.45) is 9.09. The Hall–Kier alpha value is -1.37. The van der Waals surface area contributed by atoms with E-state index in [0.29, 0.717) is 32.1 Å². The maximum Gasteiger partial charge on any atom is 0.303 e. The molecular formula is C20H32O6. The molecule has 6 atom stereocenters. The number of carboxylic acids is 1. The summed E-state index contributed by atoms with van der Waals surface area (Å²) in [5, 5.41) is 38.3. The van der Waals surface area contributed by atoms with Crippen molar-refractivity contribution in [2.75, 3.05) is 0 Å². The summed E-state index contributed by atoms with van der Waals surface area (Å²) >= 11 is 0. The number of aliphatic hydroxyl groups excluding tert-OH is 3. The second-order valence-corrected chi connectivity index (χ2v) is 7.59. The third kappa shape index (κ3) is 6.41. The Morgan fingerprint density at radius 2 is 2.08 bits per heavy atom. The summed E-state index contributed by atoms with van der Waals surface area (Å²) in [4.78, 5) is 10.5. The number of aliphatic carboxylic acids is 1. The molecule has 0 bridgehead atoms. The average Bonchev–Trinajstić information content (AvgIpc) is 3.05. The van der Waals surface area contributed by atoms with Crippen molar-refractivity contribution in [3.05, 3.63) is 24.0 Å². The van der Waals surface area contributed by atoms with E-state index in [1.807, 2.05) is 12.2 Å². The van der Waals surface area contributed by atoms with E-state index in [1.165, 1.54) is 0 Å². The molecule has 2 fully saturated rings. The summed E-state index contributed by atoms with van der Waals surface area (Å²) in [5.41, 5.74) is 0. The van der Waals surface area contributed by atoms with Gasteiger partial charge in [0.05, 0.1) is 24.1 Å². The fourth-order valence-corrected chi connectivity index (χ4v) is 3.87. The number of allylic oxidation sites excluding steroid dienone is 2. The van der Waals surface area contributed by atoms with E-state index < -0.39 is 18.2 Å². The third-order valence-corrected chi connectivity index (χ3v) is 5.27. The molecule has 6 nitrogen and oxygen atoms in total. The van der Waals surface area contributed by atoms with Crippen molar-refractivity contribution in [2.24, 2.45) is 11.8 Å². The summed E-state index contributed by atoms with van der Waals surface area (Å²) in [6.45, 7) is 1.74. The van der Waals surface area contributed by atoms with E-state index in [0.717, 1.165) is 18.6 Å². The van der Waals surface area contributed by atoms with Gasteiger partial charge in [-0.15, -0.1) is 0 Å². The van der Waals surface area contributed by atoms with Crippen molar-refractivity contribution in [1.82, 2.24) is 0 Å². The minimum absolute atomic E-state index is 0.00208. The first-order valence-corrected chi connectivity index (χ1v) is 9.66. The van der Waals surface area contributed by atoms with E-state index in [9.17, 15) is 20.1 Å². The molecule has 0 aromatic carbocycles. The zero-order chi connectivity index (χ0) is 19.1. The molecule has 148 valence electrons. The summed E-state index contributed by atoms with van der Waals surface area (Å²) < 4.78 is 5.92.